The van der Waals surface area contributed by atoms with Crippen molar-refractivity contribution in [1.82, 2.24) is 0 Å². The number of nitrogens with two attached hydrogens (primary N) is 1. The van der Waals surface area contributed by atoms with Crippen LogP contribution in [0.2, 0.25) is 0 Å². The molecule has 0 spiro atoms. The van der Waals surface area contributed by atoms with E-state index in [9.17, 15) is 10.1 Å². The Morgan fingerprint density at radius 2 is 2.06 bits per heavy atom. The van der Waals surface area contributed by atoms with E-state index in [4.69, 9.17) is 15.5 Å². The molecule has 0 aromatic heterocycles. The Balaban J connectivity index is 3.24. The van der Waals surface area contributed by atoms with Gasteiger partial charge in [0.05, 0.1) is 12.0 Å². The van der Waals surface area contributed by atoms with Crippen molar-refractivity contribution in [3.63, 3.8) is 0 Å². The van der Waals surface area contributed by atoms with E-state index in [0.717, 1.165) is 0 Å². The highest BCUT2D eigenvalue weighted by molar-refractivity contribution is 5.49. The molecule has 6 heteroatoms. The molecule has 0 atom stereocenters. The molecule has 1 aromatic carbocycles. The highest BCUT2D eigenvalue weighted by Crippen LogP contribution is 2.32. The Labute approximate surface area is 93.1 Å². The average Bonchev–Trinajstić information content (AvgIpc) is 2.27. The zero-order valence-corrected chi connectivity index (χ0v) is 9.39. The molecular formula is C10H14N2O4. The molecule has 0 radical (unpaired) electrons. The second kappa shape index (κ2) is 4.46. The SMILES string of the molecule is COc1cc(C(C)(C)ON)ccc1[N+](=O)[O-]. The van der Waals surface area contributed by atoms with Crippen molar-refractivity contribution < 1.29 is 14.5 Å². The lowest BCUT2D eigenvalue weighted by Gasteiger charge is -2.22. The summed E-state index contributed by atoms with van der Waals surface area (Å²) in [5.41, 5.74) is -0.0981. The van der Waals surface area contributed by atoms with Crippen LogP contribution in [-0.4, -0.2) is 12.0 Å². The number of rotatable bonds is 4. The standard InChI is InChI=1S/C10H14N2O4/c1-10(2,16-11)7-4-5-8(12(13)14)9(6-7)15-3/h4-6H,11H2,1-3H3. The minimum Gasteiger partial charge on any atom is -0.490 e. The van der Waals surface area contributed by atoms with Gasteiger partial charge in [0.2, 0.25) is 0 Å². The van der Waals surface area contributed by atoms with Crippen molar-refractivity contribution in [3.05, 3.63) is 33.9 Å². The van der Waals surface area contributed by atoms with E-state index < -0.39 is 10.5 Å². The van der Waals surface area contributed by atoms with Gasteiger partial charge in [0, 0.05) is 6.07 Å². The first-order chi connectivity index (χ1) is 7.42. The van der Waals surface area contributed by atoms with Crippen molar-refractivity contribution in [3.8, 4) is 5.75 Å². The first-order valence-corrected chi connectivity index (χ1v) is 4.63. The summed E-state index contributed by atoms with van der Waals surface area (Å²) in [5, 5.41) is 10.7. The number of benzene rings is 1. The van der Waals surface area contributed by atoms with Gasteiger partial charge in [-0.2, -0.15) is 0 Å². The van der Waals surface area contributed by atoms with Gasteiger partial charge in [-0.05, 0) is 31.5 Å². The van der Waals surface area contributed by atoms with Gasteiger partial charge in [-0.15, -0.1) is 0 Å². The Morgan fingerprint density at radius 1 is 1.44 bits per heavy atom. The number of ether oxygens (including phenoxy) is 1. The van der Waals surface area contributed by atoms with Crippen LogP contribution in [-0.2, 0) is 10.4 Å². The number of hydrogen-bond acceptors (Lipinski definition) is 5. The predicted octanol–water partition coefficient (Wildman–Crippen LogP) is 1.73. The number of methoxy groups -OCH3 is 1. The maximum Gasteiger partial charge on any atom is 0.310 e. The fourth-order valence-corrected chi connectivity index (χ4v) is 1.27. The third kappa shape index (κ3) is 2.29. The Hall–Kier alpha value is -1.66. The summed E-state index contributed by atoms with van der Waals surface area (Å²) in [6.45, 7) is 3.52. The molecule has 0 bridgehead atoms. The molecule has 6 nitrogen and oxygen atoms in total. The fraction of sp³-hybridized carbons (Fsp3) is 0.400. The highest BCUT2D eigenvalue weighted by Gasteiger charge is 2.24. The Kier molecular flexibility index (Phi) is 3.46. The maximum absolute atomic E-state index is 10.7. The lowest BCUT2D eigenvalue weighted by Crippen LogP contribution is -2.25. The van der Waals surface area contributed by atoms with E-state index in [1.54, 1.807) is 26.0 Å². The van der Waals surface area contributed by atoms with Gasteiger partial charge in [-0.3, -0.25) is 15.0 Å². The molecule has 0 fully saturated rings. The molecule has 16 heavy (non-hydrogen) atoms. The lowest BCUT2D eigenvalue weighted by atomic mass is 9.98. The third-order valence-electron chi connectivity index (χ3n) is 2.37. The smallest absolute Gasteiger partial charge is 0.310 e. The van der Waals surface area contributed by atoms with Gasteiger partial charge in [0.1, 0.15) is 5.60 Å². The van der Waals surface area contributed by atoms with Crippen LogP contribution in [0.4, 0.5) is 5.69 Å². The normalized spacial score (nSPS) is 11.2. The summed E-state index contributed by atoms with van der Waals surface area (Å²) in [6, 6.07) is 4.51. The molecule has 0 unspecified atom stereocenters. The quantitative estimate of drug-likeness (QED) is 0.624. The fourth-order valence-electron chi connectivity index (χ4n) is 1.27. The van der Waals surface area contributed by atoms with Crippen LogP contribution >= 0.6 is 0 Å². The zero-order valence-electron chi connectivity index (χ0n) is 9.39. The van der Waals surface area contributed by atoms with Crippen molar-refractivity contribution in [2.45, 2.75) is 19.4 Å². The Morgan fingerprint density at radius 3 is 2.50 bits per heavy atom. The summed E-state index contributed by atoms with van der Waals surface area (Å²) >= 11 is 0. The predicted molar refractivity (Wildman–Crippen MR) is 57.9 cm³/mol. The third-order valence-corrected chi connectivity index (χ3v) is 2.37. The molecule has 1 aromatic rings. The monoisotopic (exact) mass is 226 g/mol. The first kappa shape index (κ1) is 12.4. The van der Waals surface area contributed by atoms with E-state index in [-0.39, 0.29) is 11.4 Å². The second-order valence-corrected chi connectivity index (χ2v) is 3.77. The minimum atomic E-state index is -0.720. The Bertz CT molecular complexity index is 404. The summed E-state index contributed by atoms with van der Waals surface area (Å²) in [4.78, 5) is 15.0. The minimum absolute atomic E-state index is 0.0842. The van der Waals surface area contributed by atoms with Crippen LogP contribution in [0, 0.1) is 10.1 Å². The molecule has 2 N–H and O–H groups in total. The van der Waals surface area contributed by atoms with E-state index in [2.05, 4.69) is 0 Å². The second-order valence-electron chi connectivity index (χ2n) is 3.77. The first-order valence-electron chi connectivity index (χ1n) is 4.63. The number of nitro benzene ring substituents is 1. The maximum atomic E-state index is 10.7. The lowest BCUT2D eigenvalue weighted by molar-refractivity contribution is -0.385. The van der Waals surface area contributed by atoms with Crippen molar-refractivity contribution >= 4 is 5.69 Å². The van der Waals surface area contributed by atoms with Crippen LogP contribution in [0.25, 0.3) is 0 Å². The molecule has 0 amide bonds. The van der Waals surface area contributed by atoms with E-state index in [1.807, 2.05) is 0 Å². The summed E-state index contributed by atoms with van der Waals surface area (Å²) in [5.74, 6) is 5.34. The topological polar surface area (TPSA) is 87.6 Å². The van der Waals surface area contributed by atoms with E-state index in [0.29, 0.717) is 5.56 Å². The average molecular weight is 226 g/mol. The highest BCUT2D eigenvalue weighted by atomic mass is 16.6. The van der Waals surface area contributed by atoms with Crippen molar-refractivity contribution in [2.75, 3.05) is 7.11 Å². The molecule has 1 rings (SSSR count). The van der Waals surface area contributed by atoms with Gasteiger partial charge >= 0.3 is 5.69 Å². The van der Waals surface area contributed by atoms with Crippen LogP contribution < -0.4 is 10.6 Å². The van der Waals surface area contributed by atoms with E-state index in [1.165, 1.54) is 13.2 Å². The molecule has 0 aliphatic heterocycles. The van der Waals surface area contributed by atoms with Crippen LogP contribution in [0.15, 0.2) is 18.2 Å². The van der Waals surface area contributed by atoms with Gasteiger partial charge in [-0.1, -0.05) is 0 Å². The number of nitrogens with zero attached hydrogens (tertiary/aromatic N) is 1. The molecule has 88 valence electrons. The van der Waals surface area contributed by atoms with Gasteiger partial charge in [0.25, 0.3) is 0 Å². The van der Waals surface area contributed by atoms with Crippen molar-refractivity contribution in [1.29, 1.82) is 0 Å². The zero-order chi connectivity index (χ0) is 12.3. The van der Waals surface area contributed by atoms with Gasteiger partial charge < -0.3 is 4.74 Å². The molecule has 0 aliphatic carbocycles. The molecule has 0 saturated heterocycles. The number of hydrogen-bond donors (Lipinski definition) is 1. The van der Waals surface area contributed by atoms with E-state index >= 15 is 0 Å². The summed E-state index contributed by atoms with van der Waals surface area (Å²) in [7, 11) is 1.38. The van der Waals surface area contributed by atoms with Crippen LogP contribution in [0.3, 0.4) is 0 Å². The van der Waals surface area contributed by atoms with Crippen molar-refractivity contribution in [2.24, 2.45) is 5.90 Å². The summed E-state index contributed by atoms with van der Waals surface area (Å²) < 4.78 is 4.95. The largest absolute Gasteiger partial charge is 0.490 e. The van der Waals surface area contributed by atoms with Crippen LogP contribution in [0.1, 0.15) is 19.4 Å². The molecule has 0 heterocycles. The number of nitro groups is 1. The molecule has 0 saturated carbocycles. The van der Waals surface area contributed by atoms with Gasteiger partial charge in [-0.25, -0.2) is 5.90 Å². The summed E-state index contributed by atoms with van der Waals surface area (Å²) in [6.07, 6.45) is 0. The van der Waals surface area contributed by atoms with Gasteiger partial charge in [0.15, 0.2) is 5.75 Å². The molecule has 0 aliphatic rings. The van der Waals surface area contributed by atoms with Crippen LogP contribution in [0.5, 0.6) is 5.75 Å². The molecular weight excluding hydrogens is 212 g/mol.